The molecule has 4 nitrogen and oxygen atoms in total. The Hall–Kier alpha value is -2.85. The first-order valence-corrected chi connectivity index (χ1v) is 7.64. The van der Waals surface area contributed by atoms with Crippen LogP contribution >= 0.6 is 11.6 Å². The Kier molecular flexibility index (Phi) is 4.23. The molecule has 0 aliphatic carbocycles. The van der Waals surface area contributed by atoms with Gasteiger partial charge in [0.15, 0.2) is 0 Å². The molecule has 0 spiro atoms. The maximum absolute atomic E-state index is 11.3. The lowest BCUT2D eigenvalue weighted by atomic mass is 9.95. The van der Waals surface area contributed by atoms with Crippen LogP contribution in [0.3, 0.4) is 0 Å². The number of aromatic carboxylic acids is 1. The topological polar surface area (TPSA) is 70.4 Å². The van der Waals surface area contributed by atoms with Gasteiger partial charge in [0.1, 0.15) is 11.4 Å². The van der Waals surface area contributed by atoms with Crippen LogP contribution in [0, 0.1) is 6.92 Å². The zero-order valence-corrected chi connectivity index (χ0v) is 13.6. The van der Waals surface area contributed by atoms with Crippen LogP contribution in [-0.2, 0) is 0 Å². The second kappa shape index (κ2) is 6.34. The molecule has 0 atom stereocenters. The van der Waals surface area contributed by atoms with Crippen LogP contribution in [0.15, 0.2) is 54.6 Å². The maximum Gasteiger partial charge on any atom is 0.354 e. The third kappa shape index (κ3) is 2.96. The maximum atomic E-state index is 11.3. The minimum atomic E-state index is -1.11. The van der Waals surface area contributed by atoms with Crippen LogP contribution in [0.4, 0.5) is 0 Å². The average molecular weight is 340 g/mol. The van der Waals surface area contributed by atoms with Crippen LogP contribution in [-0.4, -0.2) is 21.2 Å². The molecule has 5 heteroatoms. The highest BCUT2D eigenvalue weighted by atomic mass is 35.5. The molecule has 0 amide bonds. The normalized spacial score (nSPS) is 10.6. The molecule has 0 radical (unpaired) electrons. The van der Waals surface area contributed by atoms with E-state index in [4.69, 9.17) is 11.6 Å². The van der Waals surface area contributed by atoms with E-state index in [1.807, 2.05) is 31.2 Å². The van der Waals surface area contributed by atoms with Gasteiger partial charge in [-0.05, 0) is 42.3 Å². The predicted molar refractivity (Wildman–Crippen MR) is 93.5 cm³/mol. The number of hydrogen-bond acceptors (Lipinski definition) is 3. The number of phenolic OH excluding ortho intramolecular Hbond substituents is 1. The van der Waals surface area contributed by atoms with Crippen LogP contribution in [0.25, 0.3) is 22.4 Å². The summed E-state index contributed by atoms with van der Waals surface area (Å²) >= 11 is 5.87. The van der Waals surface area contributed by atoms with Gasteiger partial charge in [0.25, 0.3) is 0 Å². The molecule has 0 saturated heterocycles. The van der Waals surface area contributed by atoms with Crippen molar-refractivity contribution in [2.75, 3.05) is 0 Å². The molecule has 2 aromatic carbocycles. The third-order valence-electron chi connectivity index (χ3n) is 3.77. The average Bonchev–Trinajstić information content (AvgIpc) is 2.57. The lowest BCUT2D eigenvalue weighted by molar-refractivity contribution is 0.0690. The number of rotatable bonds is 3. The molecule has 3 aromatic rings. The van der Waals surface area contributed by atoms with Gasteiger partial charge < -0.3 is 10.2 Å². The van der Waals surface area contributed by atoms with E-state index < -0.39 is 5.97 Å². The first-order chi connectivity index (χ1) is 11.5. The molecular weight excluding hydrogens is 326 g/mol. The smallest absolute Gasteiger partial charge is 0.354 e. The first-order valence-electron chi connectivity index (χ1n) is 7.26. The number of carboxylic acids is 1. The minimum Gasteiger partial charge on any atom is -0.506 e. The lowest BCUT2D eigenvalue weighted by Crippen LogP contribution is -2.02. The Morgan fingerprint density at radius 3 is 2.46 bits per heavy atom. The van der Waals surface area contributed by atoms with E-state index in [9.17, 15) is 15.0 Å². The molecular formula is C19H14ClNO3. The standard InChI is InChI=1S/C19H14ClNO3/c1-11-4-2-3-5-13(11)14-7-9-16(19(23)24)21-18(14)12-6-8-15(20)17(22)10-12/h2-10,22H,1H3,(H,23,24). The van der Waals surface area contributed by atoms with Crippen molar-refractivity contribution in [3.63, 3.8) is 0 Å². The zero-order chi connectivity index (χ0) is 17.3. The Labute approximate surface area is 144 Å². The Morgan fingerprint density at radius 1 is 1.04 bits per heavy atom. The molecule has 3 rings (SSSR count). The summed E-state index contributed by atoms with van der Waals surface area (Å²) in [7, 11) is 0. The second-order valence-electron chi connectivity index (χ2n) is 5.38. The molecule has 120 valence electrons. The minimum absolute atomic E-state index is 0.0585. The highest BCUT2D eigenvalue weighted by Crippen LogP contribution is 2.35. The van der Waals surface area contributed by atoms with Crippen molar-refractivity contribution in [3.05, 3.63) is 70.9 Å². The van der Waals surface area contributed by atoms with Crippen molar-refractivity contribution in [1.82, 2.24) is 4.98 Å². The van der Waals surface area contributed by atoms with Gasteiger partial charge in [-0.3, -0.25) is 0 Å². The number of nitrogens with zero attached hydrogens (tertiary/aromatic N) is 1. The highest BCUT2D eigenvalue weighted by molar-refractivity contribution is 6.32. The second-order valence-corrected chi connectivity index (χ2v) is 5.79. The summed E-state index contributed by atoms with van der Waals surface area (Å²) in [4.78, 5) is 15.6. The van der Waals surface area contributed by atoms with E-state index in [0.29, 0.717) is 11.3 Å². The molecule has 1 aromatic heterocycles. The van der Waals surface area contributed by atoms with Crippen molar-refractivity contribution in [2.24, 2.45) is 0 Å². The number of aromatic nitrogens is 1. The summed E-state index contributed by atoms with van der Waals surface area (Å²) in [5.74, 6) is -1.18. The number of pyridine rings is 1. The SMILES string of the molecule is Cc1ccccc1-c1ccc(C(=O)O)nc1-c1ccc(Cl)c(O)c1. The number of hydrogen-bond donors (Lipinski definition) is 2. The van der Waals surface area contributed by atoms with E-state index in [2.05, 4.69) is 4.98 Å². The molecule has 2 N–H and O–H groups in total. The van der Waals surface area contributed by atoms with Crippen LogP contribution in [0.1, 0.15) is 16.1 Å². The van der Waals surface area contributed by atoms with Crippen LogP contribution in [0.2, 0.25) is 5.02 Å². The van der Waals surface area contributed by atoms with E-state index in [-0.39, 0.29) is 16.5 Å². The fourth-order valence-electron chi connectivity index (χ4n) is 2.55. The highest BCUT2D eigenvalue weighted by Gasteiger charge is 2.15. The number of halogens is 1. The third-order valence-corrected chi connectivity index (χ3v) is 4.09. The van der Waals surface area contributed by atoms with Crippen LogP contribution < -0.4 is 0 Å². The van der Waals surface area contributed by atoms with Gasteiger partial charge in [0.05, 0.1) is 10.7 Å². The van der Waals surface area contributed by atoms with Crippen molar-refractivity contribution >= 4 is 17.6 Å². The Bertz CT molecular complexity index is 938. The first kappa shape index (κ1) is 16.0. The molecule has 0 fully saturated rings. The largest absolute Gasteiger partial charge is 0.506 e. The van der Waals surface area contributed by atoms with E-state index >= 15 is 0 Å². The van der Waals surface area contributed by atoms with Gasteiger partial charge >= 0.3 is 5.97 Å². The molecule has 0 aliphatic rings. The number of benzene rings is 2. The molecule has 0 aliphatic heterocycles. The molecule has 0 saturated carbocycles. The van der Waals surface area contributed by atoms with E-state index in [1.54, 1.807) is 18.2 Å². The summed E-state index contributed by atoms with van der Waals surface area (Å²) in [5, 5.41) is 19.3. The Morgan fingerprint density at radius 2 is 1.79 bits per heavy atom. The van der Waals surface area contributed by atoms with Crippen molar-refractivity contribution in [2.45, 2.75) is 6.92 Å². The number of carboxylic acid groups (broad SMARTS) is 1. The summed E-state index contributed by atoms with van der Waals surface area (Å²) in [6.07, 6.45) is 0. The van der Waals surface area contributed by atoms with Crippen molar-refractivity contribution in [1.29, 1.82) is 0 Å². The van der Waals surface area contributed by atoms with Gasteiger partial charge in [0.2, 0.25) is 0 Å². The van der Waals surface area contributed by atoms with Gasteiger partial charge in [0, 0.05) is 11.1 Å². The van der Waals surface area contributed by atoms with Crippen molar-refractivity contribution < 1.29 is 15.0 Å². The summed E-state index contributed by atoms with van der Waals surface area (Å²) in [6, 6.07) is 15.7. The molecule has 0 unspecified atom stereocenters. The van der Waals surface area contributed by atoms with Gasteiger partial charge in [-0.2, -0.15) is 0 Å². The summed E-state index contributed by atoms with van der Waals surface area (Å²) < 4.78 is 0. The summed E-state index contributed by atoms with van der Waals surface area (Å²) in [6.45, 7) is 1.98. The fraction of sp³-hybridized carbons (Fsp3) is 0.0526. The predicted octanol–water partition coefficient (Wildman–Crippen LogP) is 4.78. The quantitative estimate of drug-likeness (QED) is 0.720. The molecule has 24 heavy (non-hydrogen) atoms. The number of carbonyl (C=O) groups is 1. The monoisotopic (exact) mass is 339 g/mol. The number of aryl methyl sites for hydroxylation is 1. The molecule has 1 heterocycles. The Balaban J connectivity index is 2.28. The van der Waals surface area contributed by atoms with Gasteiger partial charge in [-0.25, -0.2) is 9.78 Å². The summed E-state index contributed by atoms with van der Waals surface area (Å²) in [5.41, 5.74) is 3.80. The molecule has 0 bridgehead atoms. The van der Waals surface area contributed by atoms with Crippen LogP contribution in [0.5, 0.6) is 5.75 Å². The van der Waals surface area contributed by atoms with E-state index in [1.165, 1.54) is 12.1 Å². The number of phenols is 1. The van der Waals surface area contributed by atoms with Crippen molar-refractivity contribution in [3.8, 4) is 28.1 Å². The van der Waals surface area contributed by atoms with E-state index in [0.717, 1.165) is 16.7 Å². The number of aromatic hydroxyl groups is 1. The zero-order valence-electron chi connectivity index (χ0n) is 12.8. The van der Waals surface area contributed by atoms with Gasteiger partial charge in [-0.15, -0.1) is 0 Å². The van der Waals surface area contributed by atoms with Gasteiger partial charge in [-0.1, -0.05) is 41.9 Å². The lowest BCUT2D eigenvalue weighted by Gasteiger charge is -2.13. The fourth-order valence-corrected chi connectivity index (χ4v) is 2.67.